The second-order valence-corrected chi connectivity index (χ2v) is 4.43. The maximum Gasteiger partial charge on any atom is 0.125 e. The van der Waals surface area contributed by atoms with E-state index in [2.05, 4.69) is 5.10 Å². The first kappa shape index (κ1) is 12.1. The molecule has 0 bridgehead atoms. The highest BCUT2D eigenvalue weighted by Crippen LogP contribution is 2.19. The van der Waals surface area contributed by atoms with Crippen LogP contribution in [0, 0.1) is 26.6 Å². The minimum atomic E-state index is -0.289. The summed E-state index contributed by atoms with van der Waals surface area (Å²) in [7, 11) is 0. The normalized spacial score (nSPS) is 10.9. The van der Waals surface area contributed by atoms with Crippen molar-refractivity contribution in [1.29, 1.82) is 0 Å². The average molecular weight is 253 g/mol. The predicted molar refractivity (Wildman–Crippen MR) is 67.3 cm³/mol. The Labute approximate surface area is 105 Å². The second-order valence-electron chi connectivity index (χ2n) is 4.16. The molecule has 0 fully saturated rings. The van der Waals surface area contributed by atoms with Crippen molar-refractivity contribution in [3.05, 3.63) is 46.5 Å². The molecule has 2 aromatic rings. The van der Waals surface area contributed by atoms with E-state index in [1.165, 1.54) is 12.1 Å². The summed E-state index contributed by atoms with van der Waals surface area (Å²) in [6.07, 6.45) is 0. The van der Waals surface area contributed by atoms with Crippen LogP contribution in [0.1, 0.15) is 22.5 Å². The van der Waals surface area contributed by atoms with Gasteiger partial charge >= 0.3 is 0 Å². The molecule has 4 heteroatoms. The van der Waals surface area contributed by atoms with Gasteiger partial charge in [0.25, 0.3) is 0 Å². The van der Waals surface area contributed by atoms with Gasteiger partial charge < -0.3 is 0 Å². The first-order chi connectivity index (χ1) is 8.02. The molecule has 2 rings (SSSR count). The van der Waals surface area contributed by atoms with Gasteiger partial charge in [0.05, 0.1) is 11.4 Å². The van der Waals surface area contributed by atoms with Crippen LogP contribution in [0.3, 0.4) is 0 Å². The van der Waals surface area contributed by atoms with Crippen molar-refractivity contribution in [3.63, 3.8) is 0 Å². The SMILES string of the molecule is Cc1nn(-c2cc(F)cc(CCl)c2)c(C)c1C. The molecule has 0 aliphatic carbocycles. The molecule has 0 unspecified atom stereocenters. The predicted octanol–water partition coefficient (Wildman–Crippen LogP) is 3.68. The lowest BCUT2D eigenvalue weighted by Gasteiger charge is -2.06. The van der Waals surface area contributed by atoms with Crippen LogP contribution in [-0.2, 0) is 5.88 Å². The third-order valence-electron chi connectivity index (χ3n) is 2.99. The molecule has 1 heterocycles. The van der Waals surface area contributed by atoms with Gasteiger partial charge in [-0.25, -0.2) is 9.07 Å². The summed E-state index contributed by atoms with van der Waals surface area (Å²) in [6, 6.07) is 4.76. The largest absolute Gasteiger partial charge is 0.237 e. The number of nitrogens with zero attached hydrogens (tertiary/aromatic N) is 2. The van der Waals surface area contributed by atoms with Crippen molar-refractivity contribution in [2.75, 3.05) is 0 Å². The van der Waals surface area contributed by atoms with E-state index in [9.17, 15) is 4.39 Å². The third kappa shape index (κ3) is 2.20. The third-order valence-corrected chi connectivity index (χ3v) is 3.30. The molecule has 0 saturated carbocycles. The van der Waals surface area contributed by atoms with E-state index in [4.69, 9.17) is 11.6 Å². The zero-order chi connectivity index (χ0) is 12.6. The van der Waals surface area contributed by atoms with Crippen molar-refractivity contribution in [3.8, 4) is 5.69 Å². The van der Waals surface area contributed by atoms with Gasteiger partial charge in [-0.3, -0.25) is 0 Å². The minimum Gasteiger partial charge on any atom is -0.237 e. The van der Waals surface area contributed by atoms with Crippen LogP contribution < -0.4 is 0 Å². The second kappa shape index (κ2) is 4.49. The molecular formula is C13H14ClFN2. The van der Waals surface area contributed by atoms with Gasteiger partial charge in [-0.15, -0.1) is 11.6 Å². The van der Waals surface area contributed by atoms with Gasteiger partial charge in [0.15, 0.2) is 0 Å². The topological polar surface area (TPSA) is 17.8 Å². The molecule has 90 valence electrons. The molecule has 1 aromatic carbocycles. The Hall–Kier alpha value is -1.35. The summed E-state index contributed by atoms with van der Waals surface area (Å²) < 4.78 is 15.2. The lowest BCUT2D eigenvalue weighted by molar-refractivity contribution is 0.623. The standard InChI is InChI=1S/C13H14ClFN2/c1-8-9(2)16-17(10(8)3)13-5-11(7-14)4-12(15)6-13/h4-6H,7H2,1-3H3. The quantitative estimate of drug-likeness (QED) is 0.746. The number of hydrogen-bond donors (Lipinski definition) is 0. The van der Waals surface area contributed by atoms with Crippen LogP contribution in [0.25, 0.3) is 5.69 Å². The van der Waals surface area contributed by atoms with E-state index in [1.54, 1.807) is 4.68 Å². The summed E-state index contributed by atoms with van der Waals surface area (Å²) >= 11 is 5.74. The van der Waals surface area contributed by atoms with Gasteiger partial charge in [-0.05, 0) is 50.1 Å². The molecule has 0 saturated heterocycles. The zero-order valence-corrected chi connectivity index (χ0v) is 10.8. The first-order valence-corrected chi connectivity index (χ1v) is 5.95. The van der Waals surface area contributed by atoms with Gasteiger partial charge in [-0.2, -0.15) is 5.10 Å². The highest BCUT2D eigenvalue weighted by atomic mass is 35.5. The molecule has 0 amide bonds. The number of aryl methyl sites for hydroxylation is 1. The Morgan fingerprint density at radius 1 is 1.24 bits per heavy atom. The van der Waals surface area contributed by atoms with Crippen molar-refractivity contribution >= 4 is 11.6 Å². The Morgan fingerprint density at radius 3 is 2.47 bits per heavy atom. The molecule has 0 radical (unpaired) electrons. The molecule has 1 aromatic heterocycles. The lowest BCUT2D eigenvalue weighted by Crippen LogP contribution is -2.01. The summed E-state index contributed by atoms with van der Waals surface area (Å²) in [6.45, 7) is 5.93. The van der Waals surface area contributed by atoms with Crippen molar-refractivity contribution in [2.24, 2.45) is 0 Å². The van der Waals surface area contributed by atoms with Gasteiger partial charge in [-0.1, -0.05) is 0 Å². The van der Waals surface area contributed by atoms with Crippen LogP contribution in [0.15, 0.2) is 18.2 Å². The van der Waals surface area contributed by atoms with Crippen LogP contribution >= 0.6 is 11.6 Å². The van der Waals surface area contributed by atoms with Crippen molar-refractivity contribution in [1.82, 2.24) is 9.78 Å². The monoisotopic (exact) mass is 252 g/mol. The fourth-order valence-electron chi connectivity index (χ4n) is 1.80. The number of rotatable bonds is 2. The smallest absolute Gasteiger partial charge is 0.125 e. The molecule has 0 aliphatic rings. The highest BCUT2D eigenvalue weighted by Gasteiger charge is 2.10. The van der Waals surface area contributed by atoms with E-state index >= 15 is 0 Å². The Kier molecular flexibility index (Phi) is 3.20. The van der Waals surface area contributed by atoms with Gasteiger partial charge in [0.2, 0.25) is 0 Å². The number of hydrogen-bond acceptors (Lipinski definition) is 1. The number of alkyl halides is 1. The maximum absolute atomic E-state index is 13.4. The molecule has 0 spiro atoms. The Balaban J connectivity index is 2.59. The molecule has 0 N–H and O–H groups in total. The van der Waals surface area contributed by atoms with E-state index in [1.807, 2.05) is 26.8 Å². The Morgan fingerprint density at radius 2 is 1.94 bits per heavy atom. The van der Waals surface area contributed by atoms with Crippen LogP contribution in [0.4, 0.5) is 4.39 Å². The number of halogens is 2. The van der Waals surface area contributed by atoms with Gasteiger partial charge in [0.1, 0.15) is 5.82 Å². The fourth-order valence-corrected chi connectivity index (χ4v) is 1.96. The summed E-state index contributed by atoms with van der Waals surface area (Å²) in [5.74, 6) is 0.00612. The van der Waals surface area contributed by atoms with Crippen LogP contribution in [-0.4, -0.2) is 9.78 Å². The minimum absolute atomic E-state index is 0.289. The van der Waals surface area contributed by atoms with E-state index in [0.717, 1.165) is 22.5 Å². The molecule has 0 atom stereocenters. The number of benzene rings is 1. The summed E-state index contributed by atoms with van der Waals surface area (Å²) in [4.78, 5) is 0. The fraction of sp³-hybridized carbons (Fsp3) is 0.308. The van der Waals surface area contributed by atoms with Crippen molar-refractivity contribution < 1.29 is 4.39 Å². The van der Waals surface area contributed by atoms with Crippen LogP contribution in [0.2, 0.25) is 0 Å². The molecule has 0 aliphatic heterocycles. The highest BCUT2D eigenvalue weighted by molar-refractivity contribution is 6.17. The summed E-state index contributed by atoms with van der Waals surface area (Å²) in [5.41, 5.74) is 4.58. The zero-order valence-electron chi connectivity index (χ0n) is 10.1. The number of aromatic nitrogens is 2. The van der Waals surface area contributed by atoms with E-state index < -0.39 is 0 Å². The van der Waals surface area contributed by atoms with Crippen LogP contribution in [0.5, 0.6) is 0 Å². The van der Waals surface area contributed by atoms with Gasteiger partial charge in [0, 0.05) is 11.6 Å². The molecule has 2 nitrogen and oxygen atoms in total. The first-order valence-electron chi connectivity index (χ1n) is 5.41. The maximum atomic E-state index is 13.4. The average Bonchev–Trinajstić information content (AvgIpc) is 2.56. The lowest BCUT2D eigenvalue weighted by atomic mass is 10.2. The van der Waals surface area contributed by atoms with Crippen molar-refractivity contribution in [2.45, 2.75) is 26.7 Å². The van der Waals surface area contributed by atoms with E-state index in [0.29, 0.717) is 11.6 Å². The molecular weight excluding hydrogens is 239 g/mol. The van der Waals surface area contributed by atoms with E-state index in [-0.39, 0.29) is 5.82 Å². The summed E-state index contributed by atoms with van der Waals surface area (Å²) in [5, 5.41) is 4.40. The Bertz CT molecular complexity index is 561. The molecule has 17 heavy (non-hydrogen) atoms.